The number of hydrogen-bond donors (Lipinski definition) is 0. The van der Waals surface area contributed by atoms with Gasteiger partial charge in [-0.1, -0.05) is 15.9 Å². The Morgan fingerprint density at radius 2 is 2.31 bits per heavy atom. The Morgan fingerprint density at radius 1 is 1.46 bits per heavy atom. The Labute approximate surface area is 87.3 Å². The van der Waals surface area contributed by atoms with Gasteiger partial charge in [0.1, 0.15) is 5.82 Å². The fourth-order valence-corrected chi connectivity index (χ4v) is 1.39. The molecule has 1 aromatic rings. The van der Waals surface area contributed by atoms with Crippen LogP contribution in [0.5, 0.6) is 0 Å². The van der Waals surface area contributed by atoms with Crippen LogP contribution >= 0.6 is 15.9 Å². The zero-order valence-electron chi connectivity index (χ0n) is 7.78. The molecule has 0 radical (unpaired) electrons. The Kier molecular flexibility index (Phi) is 4.75. The molecular weight excluding hydrogens is 230 g/mol. The van der Waals surface area contributed by atoms with Gasteiger partial charge in [-0.15, -0.1) is 0 Å². The second-order valence-electron chi connectivity index (χ2n) is 2.69. The van der Waals surface area contributed by atoms with Gasteiger partial charge in [-0.25, -0.2) is 4.98 Å². The van der Waals surface area contributed by atoms with Gasteiger partial charge in [0.05, 0.1) is 6.20 Å². The lowest BCUT2D eigenvalue weighted by Gasteiger charge is -2.20. The van der Waals surface area contributed by atoms with Crippen molar-refractivity contribution in [1.29, 1.82) is 0 Å². The number of halogens is 1. The van der Waals surface area contributed by atoms with Crippen molar-refractivity contribution in [2.45, 2.75) is 13.3 Å². The molecule has 0 saturated heterocycles. The maximum atomic E-state index is 4.25. The van der Waals surface area contributed by atoms with Gasteiger partial charge >= 0.3 is 0 Å². The van der Waals surface area contributed by atoms with Crippen LogP contribution in [0.25, 0.3) is 0 Å². The van der Waals surface area contributed by atoms with E-state index in [1.54, 1.807) is 18.6 Å². The quantitative estimate of drug-likeness (QED) is 0.742. The summed E-state index contributed by atoms with van der Waals surface area (Å²) in [7, 11) is 0. The molecule has 0 amide bonds. The lowest BCUT2D eigenvalue weighted by Crippen LogP contribution is -2.25. The molecule has 72 valence electrons. The molecule has 0 atom stereocenters. The molecule has 1 aromatic heterocycles. The van der Waals surface area contributed by atoms with Crippen molar-refractivity contribution in [2.75, 3.05) is 23.3 Å². The fraction of sp³-hybridized carbons (Fsp3) is 0.556. The van der Waals surface area contributed by atoms with Crippen LogP contribution in [0.15, 0.2) is 18.6 Å². The maximum absolute atomic E-state index is 4.25. The van der Waals surface area contributed by atoms with E-state index in [-0.39, 0.29) is 0 Å². The van der Waals surface area contributed by atoms with Gasteiger partial charge in [-0.2, -0.15) is 0 Å². The van der Waals surface area contributed by atoms with Gasteiger partial charge < -0.3 is 4.90 Å². The van der Waals surface area contributed by atoms with E-state index in [9.17, 15) is 0 Å². The molecule has 1 rings (SSSR count). The summed E-state index contributed by atoms with van der Waals surface area (Å²) in [5, 5.41) is 1.03. The first-order valence-corrected chi connectivity index (χ1v) is 5.57. The van der Waals surface area contributed by atoms with Gasteiger partial charge in [0.15, 0.2) is 0 Å². The first-order chi connectivity index (χ1) is 6.38. The Hall–Kier alpha value is -0.640. The van der Waals surface area contributed by atoms with Crippen LogP contribution < -0.4 is 4.90 Å². The van der Waals surface area contributed by atoms with Gasteiger partial charge in [0.25, 0.3) is 0 Å². The number of rotatable bonds is 5. The molecule has 0 aliphatic carbocycles. The molecule has 0 aromatic carbocycles. The van der Waals surface area contributed by atoms with Gasteiger partial charge in [-0.05, 0) is 13.3 Å². The molecule has 0 saturated carbocycles. The third-order valence-corrected chi connectivity index (χ3v) is 2.38. The lowest BCUT2D eigenvalue weighted by molar-refractivity contribution is 0.782. The predicted molar refractivity (Wildman–Crippen MR) is 58.3 cm³/mol. The van der Waals surface area contributed by atoms with Crippen molar-refractivity contribution in [1.82, 2.24) is 9.97 Å². The van der Waals surface area contributed by atoms with Crippen molar-refractivity contribution in [2.24, 2.45) is 0 Å². The standard InChI is InChI=1S/C9H14BrN3/c1-2-13(7-3-4-10)9-8-11-5-6-12-9/h5-6,8H,2-4,7H2,1H3. The largest absolute Gasteiger partial charge is 0.356 e. The molecule has 0 aliphatic rings. The van der Waals surface area contributed by atoms with E-state index < -0.39 is 0 Å². The van der Waals surface area contributed by atoms with E-state index in [1.165, 1.54) is 0 Å². The van der Waals surface area contributed by atoms with Crippen molar-refractivity contribution in [3.8, 4) is 0 Å². The number of nitrogens with zero attached hydrogens (tertiary/aromatic N) is 3. The molecule has 0 unspecified atom stereocenters. The summed E-state index contributed by atoms with van der Waals surface area (Å²) in [6.45, 7) is 4.13. The molecule has 0 spiro atoms. The van der Waals surface area contributed by atoms with Crippen LogP contribution in [-0.2, 0) is 0 Å². The highest BCUT2D eigenvalue weighted by Gasteiger charge is 2.03. The van der Waals surface area contributed by atoms with E-state index in [1.807, 2.05) is 0 Å². The molecule has 0 N–H and O–H groups in total. The zero-order chi connectivity index (χ0) is 9.52. The summed E-state index contributed by atoms with van der Waals surface area (Å²) < 4.78 is 0. The van der Waals surface area contributed by atoms with E-state index in [0.29, 0.717) is 0 Å². The molecule has 1 heterocycles. The first kappa shape index (κ1) is 10.4. The van der Waals surface area contributed by atoms with Crippen LogP contribution in [0.4, 0.5) is 5.82 Å². The smallest absolute Gasteiger partial charge is 0.147 e. The number of anilines is 1. The topological polar surface area (TPSA) is 29.0 Å². The van der Waals surface area contributed by atoms with Crippen molar-refractivity contribution in [3.05, 3.63) is 18.6 Å². The summed E-state index contributed by atoms with van der Waals surface area (Å²) >= 11 is 3.42. The Bertz CT molecular complexity index is 228. The molecule has 3 nitrogen and oxygen atoms in total. The zero-order valence-corrected chi connectivity index (χ0v) is 9.37. The van der Waals surface area contributed by atoms with E-state index in [2.05, 4.69) is 37.7 Å². The summed E-state index contributed by atoms with van der Waals surface area (Å²) in [6, 6.07) is 0. The Morgan fingerprint density at radius 3 is 2.85 bits per heavy atom. The summed E-state index contributed by atoms with van der Waals surface area (Å²) in [5.41, 5.74) is 0. The third kappa shape index (κ3) is 3.30. The van der Waals surface area contributed by atoms with Crippen molar-refractivity contribution < 1.29 is 0 Å². The van der Waals surface area contributed by atoms with Crippen LogP contribution in [-0.4, -0.2) is 28.4 Å². The first-order valence-electron chi connectivity index (χ1n) is 4.45. The van der Waals surface area contributed by atoms with Crippen molar-refractivity contribution >= 4 is 21.7 Å². The number of aromatic nitrogens is 2. The van der Waals surface area contributed by atoms with Gasteiger partial charge in [0, 0.05) is 30.8 Å². The lowest BCUT2D eigenvalue weighted by atomic mass is 10.4. The number of alkyl halides is 1. The minimum atomic E-state index is 0.964. The average molecular weight is 244 g/mol. The van der Waals surface area contributed by atoms with Crippen LogP contribution in [0.1, 0.15) is 13.3 Å². The normalized spacial score (nSPS) is 10.0. The highest BCUT2D eigenvalue weighted by atomic mass is 79.9. The third-order valence-electron chi connectivity index (χ3n) is 1.82. The predicted octanol–water partition coefficient (Wildman–Crippen LogP) is 2.09. The Balaban J connectivity index is 2.56. The van der Waals surface area contributed by atoms with Crippen LogP contribution in [0.2, 0.25) is 0 Å². The van der Waals surface area contributed by atoms with Gasteiger partial charge in [-0.3, -0.25) is 4.98 Å². The highest BCUT2D eigenvalue weighted by Crippen LogP contribution is 2.07. The van der Waals surface area contributed by atoms with E-state index >= 15 is 0 Å². The summed E-state index contributed by atoms with van der Waals surface area (Å²) in [4.78, 5) is 10.5. The molecule has 4 heteroatoms. The SMILES string of the molecule is CCN(CCCBr)c1cnccn1. The molecule has 0 bridgehead atoms. The van der Waals surface area contributed by atoms with Gasteiger partial charge in [0.2, 0.25) is 0 Å². The molecule has 13 heavy (non-hydrogen) atoms. The maximum Gasteiger partial charge on any atom is 0.147 e. The summed E-state index contributed by atoms with van der Waals surface area (Å²) in [6.07, 6.45) is 6.36. The highest BCUT2D eigenvalue weighted by molar-refractivity contribution is 9.09. The second kappa shape index (κ2) is 5.91. The van der Waals surface area contributed by atoms with Crippen LogP contribution in [0, 0.1) is 0 Å². The average Bonchev–Trinajstić information content (AvgIpc) is 2.21. The monoisotopic (exact) mass is 243 g/mol. The fourth-order valence-electron chi connectivity index (χ4n) is 1.14. The molecule has 0 fully saturated rings. The summed E-state index contributed by atoms with van der Waals surface area (Å²) in [5.74, 6) is 0.964. The second-order valence-corrected chi connectivity index (χ2v) is 3.48. The van der Waals surface area contributed by atoms with Crippen molar-refractivity contribution in [3.63, 3.8) is 0 Å². The molecule has 0 aliphatic heterocycles. The van der Waals surface area contributed by atoms with E-state index in [4.69, 9.17) is 0 Å². The molecular formula is C9H14BrN3. The van der Waals surface area contributed by atoms with E-state index in [0.717, 1.165) is 30.7 Å². The minimum absolute atomic E-state index is 0.964. The van der Waals surface area contributed by atoms with Crippen LogP contribution in [0.3, 0.4) is 0 Å². The number of hydrogen-bond acceptors (Lipinski definition) is 3. The minimum Gasteiger partial charge on any atom is -0.356 e.